The number of carbonyl (C=O) groups excluding carboxylic acids is 1. The van der Waals surface area contributed by atoms with Crippen molar-refractivity contribution in [3.63, 3.8) is 0 Å². The van der Waals surface area contributed by atoms with Gasteiger partial charge in [0.05, 0.1) is 7.11 Å². The topological polar surface area (TPSA) is 62.1 Å². The number of halogens is 1. The maximum Gasteiger partial charge on any atom is 0.262 e. The second-order valence-corrected chi connectivity index (χ2v) is 5.13. The molecule has 2 rings (SSSR count). The standard InChI is InChI=1S/C18H15ClN2O2/c1-23-16-8-6-13(7-9-16)12-21-18(22)15(11-20)10-14-4-2-3-5-17(14)19/h2-10H,12H2,1H3,(H,21,22)/b15-10-. The quantitative estimate of drug-likeness (QED) is 0.675. The monoisotopic (exact) mass is 326 g/mol. The van der Waals surface area contributed by atoms with E-state index in [2.05, 4.69) is 5.32 Å². The molecule has 1 N–H and O–H groups in total. The van der Waals surface area contributed by atoms with Crippen molar-refractivity contribution < 1.29 is 9.53 Å². The van der Waals surface area contributed by atoms with Gasteiger partial charge in [-0.25, -0.2) is 0 Å². The van der Waals surface area contributed by atoms with Gasteiger partial charge in [0.15, 0.2) is 0 Å². The minimum atomic E-state index is -0.441. The molecule has 0 spiro atoms. The van der Waals surface area contributed by atoms with E-state index in [9.17, 15) is 10.1 Å². The van der Waals surface area contributed by atoms with Gasteiger partial charge in [-0.05, 0) is 35.4 Å². The highest BCUT2D eigenvalue weighted by molar-refractivity contribution is 6.32. The fraction of sp³-hybridized carbons (Fsp3) is 0.111. The lowest BCUT2D eigenvalue weighted by Gasteiger charge is -2.06. The smallest absolute Gasteiger partial charge is 0.262 e. The number of benzene rings is 2. The normalized spacial score (nSPS) is 10.7. The van der Waals surface area contributed by atoms with Gasteiger partial charge in [0.25, 0.3) is 5.91 Å². The first-order chi connectivity index (χ1) is 11.1. The Morgan fingerprint density at radius 1 is 1.26 bits per heavy atom. The maximum atomic E-state index is 12.1. The summed E-state index contributed by atoms with van der Waals surface area (Å²) in [5, 5.41) is 12.4. The number of hydrogen-bond donors (Lipinski definition) is 1. The molecule has 2 aromatic rings. The van der Waals surface area contributed by atoms with Crippen molar-refractivity contribution >= 4 is 23.6 Å². The molecule has 0 radical (unpaired) electrons. The summed E-state index contributed by atoms with van der Waals surface area (Å²) >= 11 is 6.03. The average molecular weight is 327 g/mol. The number of hydrogen-bond acceptors (Lipinski definition) is 3. The maximum absolute atomic E-state index is 12.1. The number of ether oxygens (including phenoxy) is 1. The van der Waals surface area contributed by atoms with Crippen molar-refractivity contribution in [2.45, 2.75) is 6.54 Å². The van der Waals surface area contributed by atoms with Crippen LogP contribution < -0.4 is 10.1 Å². The van der Waals surface area contributed by atoms with E-state index in [1.165, 1.54) is 6.08 Å². The molecule has 2 aromatic carbocycles. The van der Waals surface area contributed by atoms with E-state index in [1.807, 2.05) is 30.3 Å². The third-order valence-electron chi connectivity index (χ3n) is 3.18. The Morgan fingerprint density at radius 2 is 1.96 bits per heavy atom. The lowest BCUT2D eigenvalue weighted by atomic mass is 10.1. The molecule has 0 bridgehead atoms. The first kappa shape index (κ1) is 16.6. The van der Waals surface area contributed by atoms with E-state index in [-0.39, 0.29) is 5.57 Å². The van der Waals surface area contributed by atoms with Crippen LogP contribution in [0.25, 0.3) is 6.08 Å². The van der Waals surface area contributed by atoms with Gasteiger partial charge in [0.1, 0.15) is 17.4 Å². The Labute approximate surface area is 140 Å². The molecule has 0 saturated carbocycles. The Morgan fingerprint density at radius 3 is 2.57 bits per heavy atom. The van der Waals surface area contributed by atoms with E-state index >= 15 is 0 Å². The van der Waals surface area contributed by atoms with Crippen LogP contribution in [-0.2, 0) is 11.3 Å². The highest BCUT2D eigenvalue weighted by Crippen LogP contribution is 2.18. The molecule has 0 unspecified atom stereocenters. The van der Waals surface area contributed by atoms with Gasteiger partial charge in [-0.2, -0.15) is 5.26 Å². The van der Waals surface area contributed by atoms with Crippen LogP contribution in [0.1, 0.15) is 11.1 Å². The molecule has 4 nitrogen and oxygen atoms in total. The van der Waals surface area contributed by atoms with E-state index in [4.69, 9.17) is 16.3 Å². The number of methoxy groups -OCH3 is 1. The van der Waals surface area contributed by atoms with Crippen molar-refractivity contribution in [3.8, 4) is 11.8 Å². The van der Waals surface area contributed by atoms with Crippen LogP contribution in [0.4, 0.5) is 0 Å². The van der Waals surface area contributed by atoms with Gasteiger partial charge in [0.2, 0.25) is 0 Å². The molecule has 5 heteroatoms. The number of carbonyl (C=O) groups is 1. The number of nitrogens with zero attached hydrogens (tertiary/aromatic N) is 1. The Kier molecular flexibility index (Phi) is 5.79. The first-order valence-corrected chi connectivity index (χ1v) is 7.29. The van der Waals surface area contributed by atoms with Crippen LogP contribution in [0.3, 0.4) is 0 Å². The van der Waals surface area contributed by atoms with Crippen molar-refractivity contribution in [3.05, 3.63) is 70.3 Å². The summed E-state index contributed by atoms with van der Waals surface area (Å²) in [7, 11) is 1.59. The van der Waals surface area contributed by atoms with Crippen molar-refractivity contribution in [1.82, 2.24) is 5.32 Å². The van der Waals surface area contributed by atoms with E-state index in [0.717, 1.165) is 11.3 Å². The van der Waals surface area contributed by atoms with Crippen molar-refractivity contribution in [1.29, 1.82) is 5.26 Å². The summed E-state index contributed by atoms with van der Waals surface area (Å²) in [4.78, 5) is 12.1. The highest BCUT2D eigenvalue weighted by Gasteiger charge is 2.09. The first-order valence-electron chi connectivity index (χ1n) is 6.91. The van der Waals surface area contributed by atoms with Crippen LogP contribution in [0.15, 0.2) is 54.1 Å². The van der Waals surface area contributed by atoms with Crippen LogP contribution in [0.5, 0.6) is 5.75 Å². The fourth-order valence-electron chi connectivity index (χ4n) is 1.92. The Hall–Kier alpha value is -2.77. The number of amides is 1. The molecule has 0 aliphatic rings. The van der Waals surface area contributed by atoms with Crippen molar-refractivity contribution in [2.75, 3.05) is 7.11 Å². The third kappa shape index (κ3) is 4.60. The summed E-state index contributed by atoms with van der Waals surface area (Å²) in [5.74, 6) is 0.305. The number of nitriles is 1. The molecule has 0 fully saturated rings. The van der Waals surface area contributed by atoms with Crippen LogP contribution in [-0.4, -0.2) is 13.0 Å². The van der Waals surface area contributed by atoms with Crippen LogP contribution in [0.2, 0.25) is 5.02 Å². The molecular formula is C18H15ClN2O2. The van der Waals surface area contributed by atoms with E-state index in [0.29, 0.717) is 17.1 Å². The summed E-state index contributed by atoms with van der Waals surface area (Å²) in [6.45, 7) is 0.324. The van der Waals surface area contributed by atoms with Gasteiger partial charge in [0, 0.05) is 11.6 Å². The summed E-state index contributed by atoms with van der Waals surface area (Å²) in [6.07, 6.45) is 1.48. The summed E-state index contributed by atoms with van der Waals surface area (Å²) in [6, 6.07) is 16.3. The predicted molar refractivity (Wildman–Crippen MR) is 89.9 cm³/mol. The van der Waals surface area contributed by atoms with Gasteiger partial charge >= 0.3 is 0 Å². The SMILES string of the molecule is COc1ccc(CNC(=O)/C(C#N)=C\c2ccccc2Cl)cc1. The molecule has 0 atom stereocenters. The second kappa shape index (κ2) is 8.02. The molecule has 0 saturated heterocycles. The van der Waals surface area contributed by atoms with Crippen molar-refractivity contribution in [2.24, 2.45) is 0 Å². The molecule has 1 amide bonds. The molecule has 0 aliphatic heterocycles. The minimum Gasteiger partial charge on any atom is -0.497 e. The predicted octanol–water partition coefficient (Wildman–Crippen LogP) is 3.57. The third-order valence-corrected chi connectivity index (χ3v) is 3.53. The lowest BCUT2D eigenvalue weighted by molar-refractivity contribution is -0.117. The van der Waals surface area contributed by atoms with Gasteiger partial charge in [-0.15, -0.1) is 0 Å². The number of nitrogens with one attached hydrogen (secondary N) is 1. The summed E-state index contributed by atoms with van der Waals surface area (Å²) < 4.78 is 5.08. The molecule has 0 heterocycles. The molecule has 0 aliphatic carbocycles. The Bertz CT molecular complexity index is 761. The highest BCUT2D eigenvalue weighted by atomic mass is 35.5. The van der Waals surface area contributed by atoms with E-state index in [1.54, 1.807) is 31.4 Å². The summed E-state index contributed by atoms with van der Waals surface area (Å²) in [5.41, 5.74) is 1.55. The average Bonchev–Trinajstić information content (AvgIpc) is 2.59. The van der Waals surface area contributed by atoms with Gasteiger partial charge < -0.3 is 10.1 Å². The molecule has 23 heavy (non-hydrogen) atoms. The zero-order valence-corrected chi connectivity index (χ0v) is 13.3. The fourth-order valence-corrected chi connectivity index (χ4v) is 2.11. The minimum absolute atomic E-state index is 0.00612. The van der Waals surface area contributed by atoms with Crippen LogP contribution >= 0.6 is 11.6 Å². The van der Waals surface area contributed by atoms with Gasteiger partial charge in [-0.3, -0.25) is 4.79 Å². The van der Waals surface area contributed by atoms with Crippen LogP contribution in [0, 0.1) is 11.3 Å². The largest absolute Gasteiger partial charge is 0.497 e. The number of rotatable bonds is 5. The zero-order chi connectivity index (χ0) is 16.7. The molecule has 0 aromatic heterocycles. The second-order valence-electron chi connectivity index (χ2n) is 4.72. The molecule has 116 valence electrons. The lowest BCUT2D eigenvalue weighted by Crippen LogP contribution is -2.23. The van der Waals surface area contributed by atoms with E-state index < -0.39 is 5.91 Å². The Balaban J connectivity index is 2.05. The van der Waals surface area contributed by atoms with Gasteiger partial charge in [-0.1, -0.05) is 41.9 Å². The molecular weight excluding hydrogens is 312 g/mol. The zero-order valence-electron chi connectivity index (χ0n) is 12.5.